The number of hydrogen-bond donors (Lipinski definition) is 3. The number of thioether (sulfide) groups is 1. The fraction of sp³-hybridized carbons (Fsp3) is 0.444. The first kappa shape index (κ1) is 12.1. The second-order valence-corrected chi connectivity index (χ2v) is 4.05. The molecule has 0 spiro atoms. The Balaban J connectivity index is 2.46. The lowest BCUT2D eigenvalue weighted by Gasteiger charge is -2.01. The fourth-order valence-corrected chi connectivity index (χ4v) is 2.04. The molecule has 0 radical (unpaired) electrons. The van der Waals surface area contributed by atoms with Crippen molar-refractivity contribution >= 4 is 17.7 Å². The van der Waals surface area contributed by atoms with Gasteiger partial charge in [-0.15, -0.1) is 0 Å². The van der Waals surface area contributed by atoms with Crippen LogP contribution in [0, 0.1) is 0 Å². The molecule has 0 aliphatic carbocycles. The highest BCUT2D eigenvalue weighted by molar-refractivity contribution is 7.98. The average molecular weight is 229 g/mol. The summed E-state index contributed by atoms with van der Waals surface area (Å²) in [6.07, 6.45) is 2.46. The Bertz CT molecular complexity index is 314. The van der Waals surface area contributed by atoms with Crippen molar-refractivity contribution < 1.29 is 9.21 Å². The third-order valence-corrected chi connectivity index (χ3v) is 2.93. The van der Waals surface area contributed by atoms with Crippen molar-refractivity contribution in [1.82, 2.24) is 5.43 Å². The highest BCUT2D eigenvalue weighted by Crippen LogP contribution is 2.18. The number of furan rings is 1. The van der Waals surface area contributed by atoms with Crippen LogP contribution in [0.2, 0.25) is 0 Å². The zero-order valence-corrected chi connectivity index (χ0v) is 9.18. The first-order valence-electron chi connectivity index (χ1n) is 4.64. The van der Waals surface area contributed by atoms with Gasteiger partial charge in [0.05, 0.1) is 6.26 Å². The van der Waals surface area contributed by atoms with Crippen LogP contribution in [-0.4, -0.2) is 18.2 Å². The van der Waals surface area contributed by atoms with Crippen LogP contribution in [0.4, 0.5) is 0 Å². The minimum Gasteiger partial charge on any atom is -0.459 e. The molecule has 1 heterocycles. The van der Waals surface area contributed by atoms with Crippen molar-refractivity contribution in [3.8, 4) is 0 Å². The van der Waals surface area contributed by atoms with Gasteiger partial charge in [0.25, 0.3) is 0 Å². The van der Waals surface area contributed by atoms with E-state index < -0.39 is 5.91 Å². The molecule has 1 amide bonds. The lowest BCUT2D eigenvalue weighted by molar-refractivity contribution is 0.0925. The topological polar surface area (TPSA) is 94.3 Å². The number of carbonyl (C=O) groups excluding carboxylic acids is 1. The molecule has 84 valence electrons. The standard InChI is InChI=1S/C9H15N3O2S/c10-3-1-5-15-6-7-2-4-14-8(7)9(13)12-11/h2,4H,1,3,5-6,10-11H2,(H,12,13). The maximum absolute atomic E-state index is 11.2. The van der Waals surface area contributed by atoms with Crippen molar-refractivity contribution in [2.24, 2.45) is 11.6 Å². The molecular formula is C9H15N3O2S. The van der Waals surface area contributed by atoms with Gasteiger partial charge in [-0.3, -0.25) is 10.2 Å². The van der Waals surface area contributed by atoms with Crippen LogP contribution in [0.15, 0.2) is 16.7 Å². The first-order valence-corrected chi connectivity index (χ1v) is 5.80. The van der Waals surface area contributed by atoms with Crippen LogP contribution in [0.1, 0.15) is 22.5 Å². The lowest BCUT2D eigenvalue weighted by atomic mass is 10.3. The van der Waals surface area contributed by atoms with Gasteiger partial charge in [0, 0.05) is 11.3 Å². The predicted molar refractivity (Wildman–Crippen MR) is 60.2 cm³/mol. The third kappa shape index (κ3) is 3.58. The number of hydrazine groups is 1. The van der Waals surface area contributed by atoms with Crippen LogP contribution in [0.5, 0.6) is 0 Å². The van der Waals surface area contributed by atoms with Gasteiger partial charge in [0.2, 0.25) is 0 Å². The van der Waals surface area contributed by atoms with Gasteiger partial charge in [-0.2, -0.15) is 11.8 Å². The number of nitrogens with two attached hydrogens (primary N) is 2. The number of carbonyl (C=O) groups is 1. The molecule has 0 bridgehead atoms. The summed E-state index contributed by atoms with van der Waals surface area (Å²) in [6, 6.07) is 1.78. The molecule has 6 heteroatoms. The molecule has 0 atom stereocenters. The minimum atomic E-state index is -0.394. The second-order valence-electron chi connectivity index (χ2n) is 2.94. The molecule has 0 aliphatic rings. The number of nitrogens with one attached hydrogen (secondary N) is 1. The first-order chi connectivity index (χ1) is 7.29. The summed E-state index contributed by atoms with van der Waals surface area (Å²) in [7, 11) is 0. The van der Waals surface area contributed by atoms with E-state index in [2.05, 4.69) is 0 Å². The Kier molecular flexibility index (Phi) is 5.23. The molecule has 0 fully saturated rings. The average Bonchev–Trinajstić information content (AvgIpc) is 2.71. The SMILES string of the molecule is NCCCSCc1ccoc1C(=O)NN. The maximum atomic E-state index is 11.2. The molecule has 0 aliphatic heterocycles. The van der Waals surface area contributed by atoms with Crippen LogP contribution >= 0.6 is 11.8 Å². The van der Waals surface area contributed by atoms with Crippen LogP contribution in [0.25, 0.3) is 0 Å². The summed E-state index contributed by atoms with van der Waals surface area (Å²) in [4.78, 5) is 11.2. The number of nitrogen functional groups attached to an aromatic ring is 1. The maximum Gasteiger partial charge on any atom is 0.301 e. The van der Waals surface area contributed by atoms with Gasteiger partial charge in [0.1, 0.15) is 0 Å². The van der Waals surface area contributed by atoms with Gasteiger partial charge in [-0.25, -0.2) is 5.84 Å². The second kappa shape index (κ2) is 6.49. The molecule has 1 rings (SSSR count). The summed E-state index contributed by atoms with van der Waals surface area (Å²) in [5.74, 6) is 6.63. The van der Waals surface area contributed by atoms with Crippen molar-refractivity contribution in [2.45, 2.75) is 12.2 Å². The zero-order chi connectivity index (χ0) is 11.1. The van der Waals surface area contributed by atoms with E-state index in [0.717, 1.165) is 23.5 Å². The van der Waals surface area contributed by atoms with Gasteiger partial charge < -0.3 is 10.2 Å². The molecule has 1 aromatic heterocycles. The Morgan fingerprint density at radius 3 is 3.07 bits per heavy atom. The summed E-state index contributed by atoms with van der Waals surface area (Å²) < 4.78 is 5.04. The Morgan fingerprint density at radius 2 is 2.40 bits per heavy atom. The smallest absolute Gasteiger partial charge is 0.301 e. The van der Waals surface area contributed by atoms with E-state index in [-0.39, 0.29) is 5.76 Å². The summed E-state index contributed by atoms with van der Waals surface area (Å²) in [5.41, 5.74) is 8.28. The molecule has 0 saturated carbocycles. The highest BCUT2D eigenvalue weighted by atomic mass is 32.2. The molecule has 15 heavy (non-hydrogen) atoms. The number of hydrogen-bond acceptors (Lipinski definition) is 5. The molecule has 0 aromatic carbocycles. The van der Waals surface area contributed by atoms with Crippen molar-refractivity contribution in [3.05, 3.63) is 23.7 Å². The van der Waals surface area contributed by atoms with Crippen LogP contribution in [0.3, 0.4) is 0 Å². The number of amides is 1. The Hall–Kier alpha value is -0.980. The molecular weight excluding hydrogens is 214 g/mol. The van der Waals surface area contributed by atoms with Crippen molar-refractivity contribution in [2.75, 3.05) is 12.3 Å². The van der Waals surface area contributed by atoms with E-state index in [4.69, 9.17) is 16.0 Å². The number of rotatable bonds is 6. The zero-order valence-electron chi connectivity index (χ0n) is 8.36. The van der Waals surface area contributed by atoms with Crippen molar-refractivity contribution in [3.63, 3.8) is 0 Å². The largest absolute Gasteiger partial charge is 0.459 e. The van der Waals surface area contributed by atoms with Gasteiger partial charge in [-0.1, -0.05) is 0 Å². The molecule has 5 N–H and O–H groups in total. The molecule has 0 unspecified atom stereocenters. The van der Waals surface area contributed by atoms with E-state index in [1.54, 1.807) is 17.8 Å². The summed E-state index contributed by atoms with van der Waals surface area (Å²) in [6.45, 7) is 0.689. The van der Waals surface area contributed by atoms with Gasteiger partial charge in [0.15, 0.2) is 5.76 Å². The normalized spacial score (nSPS) is 10.3. The van der Waals surface area contributed by atoms with Crippen LogP contribution in [-0.2, 0) is 5.75 Å². The minimum absolute atomic E-state index is 0.290. The quantitative estimate of drug-likeness (QED) is 0.285. The highest BCUT2D eigenvalue weighted by Gasteiger charge is 2.13. The lowest BCUT2D eigenvalue weighted by Crippen LogP contribution is -2.30. The van der Waals surface area contributed by atoms with E-state index in [1.807, 2.05) is 5.43 Å². The Morgan fingerprint density at radius 1 is 1.60 bits per heavy atom. The Labute approximate surface area is 92.5 Å². The summed E-state index contributed by atoms with van der Waals surface area (Å²) >= 11 is 1.72. The molecule has 5 nitrogen and oxygen atoms in total. The van der Waals surface area contributed by atoms with Crippen LogP contribution < -0.4 is 17.0 Å². The molecule has 0 saturated heterocycles. The van der Waals surface area contributed by atoms with E-state index in [1.165, 1.54) is 6.26 Å². The third-order valence-electron chi connectivity index (χ3n) is 1.83. The molecule has 1 aromatic rings. The van der Waals surface area contributed by atoms with E-state index in [9.17, 15) is 4.79 Å². The van der Waals surface area contributed by atoms with E-state index >= 15 is 0 Å². The fourth-order valence-electron chi connectivity index (χ4n) is 1.08. The monoisotopic (exact) mass is 229 g/mol. The van der Waals surface area contributed by atoms with Gasteiger partial charge >= 0.3 is 5.91 Å². The predicted octanol–water partition coefficient (Wildman–Crippen LogP) is 0.465. The summed E-state index contributed by atoms with van der Waals surface area (Å²) in [5, 5.41) is 0. The van der Waals surface area contributed by atoms with Crippen molar-refractivity contribution in [1.29, 1.82) is 0 Å². The van der Waals surface area contributed by atoms with E-state index in [0.29, 0.717) is 6.54 Å². The van der Waals surface area contributed by atoms with Gasteiger partial charge in [-0.05, 0) is 24.8 Å².